The summed E-state index contributed by atoms with van der Waals surface area (Å²) in [5.74, 6) is 0.162. The van der Waals surface area contributed by atoms with Crippen molar-refractivity contribution in [3.05, 3.63) is 54.1 Å². The molecule has 0 saturated carbocycles. The fraction of sp³-hybridized carbons (Fsp3) is 0.286. The number of aliphatic hydroxyl groups excluding tert-OH is 1. The van der Waals surface area contributed by atoms with Gasteiger partial charge in [0.25, 0.3) is 0 Å². The fourth-order valence-electron chi connectivity index (χ4n) is 1.37. The molecule has 0 saturated heterocycles. The van der Waals surface area contributed by atoms with Gasteiger partial charge in [0.1, 0.15) is 0 Å². The molecule has 2 atom stereocenters. The Balaban J connectivity index is 2.58. The van der Waals surface area contributed by atoms with Crippen LogP contribution in [0, 0.1) is 5.92 Å². The molecule has 0 aromatic heterocycles. The lowest BCUT2D eigenvalue weighted by Gasteiger charge is -2.10. The van der Waals surface area contributed by atoms with Gasteiger partial charge in [-0.1, -0.05) is 61.6 Å². The monoisotopic (exact) mass is 202 g/mol. The highest BCUT2D eigenvalue weighted by Gasteiger charge is 2.05. The fourth-order valence-corrected chi connectivity index (χ4v) is 1.37. The van der Waals surface area contributed by atoms with E-state index in [0.717, 1.165) is 5.56 Å². The molecule has 1 heteroatoms. The molecular formula is C14H18O. The van der Waals surface area contributed by atoms with Gasteiger partial charge in [0.2, 0.25) is 0 Å². The molecule has 0 fully saturated rings. The zero-order valence-corrected chi connectivity index (χ0v) is 9.30. The summed E-state index contributed by atoms with van der Waals surface area (Å²) in [5.41, 5.74) is 1.12. The lowest BCUT2D eigenvalue weighted by Crippen LogP contribution is -2.11. The first-order valence-corrected chi connectivity index (χ1v) is 5.28. The Kier molecular flexibility index (Phi) is 4.85. The molecule has 80 valence electrons. The molecule has 1 aromatic carbocycles. The van der Waals surface area contributed by atoms with Crippen molar-refractivity contribution < 1.29 is 5.11 Å². The van der Waals surface area contributed by atoms with E-state index in [0.29, 0.717) is 0 Å². The molecule has 1 N–H and O–H groups in total. The molecule has 0 unspecified atom stereocenters. The van der Waals surface area contributed by atoms with Gasteiger partial charge in [-0.15, -0.1) is 0 Å². The van der Waals surface area contributed by atoms with Crippen molar-refractivity contribution in [2.24, 2.45) is 5.92 Å². The van der Waals surface area contributed by atoms with Crippen molar-refractivity contribution in [1.82, 2.24) is 0 Å². The van der Waals surface area contributed by atoms with Crippen molar-refractivity contribution in [1.29, 1.82) is 0 Å². The van der Waals surface area contributed by atoms with E-state index >= 15 is 0 Å². The van der Waals surface area contributed by atoms with Crippen LogP contribution in [0.25, 0.3) is 6.08 Å². The normalized spacial score (nSPS) is 15.9. The molecule has 1 aromatic rings. The van der Waals surface area contributed by atoms with E-state index < -0.39 is 6.10 Å². The maximum Gasteiger partial charge on any atom is 0.0784 e. The quantitative estimate of drug-likeness (QED) is 0.743. The van der Waals surface area contributed by atoms with E-state index in [-0.39, 0.29) is 5.92 Å². The zero-order valence-electron chi connectivity index (χ0n) is 9.30. The molecule has 0 aliphatic heterocycles. The van der Waals surface area contributed by atoms with E-state index in [2.05, 4.69) is 0 Å². The average Bonchev–Trinajstić information content (AvgIpc) is 2.27. The first-order chi connectivity index (χ1) is 7.24. The molecule has 1 nitrogen and oxygen atoms in total. The highest BCUT2D eigenvalue weighted by Crippen LogP contribution is 2.09. The van der Waals surface area contributed by atoms with Crippen molar-refractivity contribution in [2.45, 2.75) is 20.0 Å². The van der Waals surface area contributed by atoms with Crippen LogP contribution in [0.3, 0.4) is 0 Å². The summed E-state index contributed by atoms with van der Waals surface area (Å²) in [6.45, 7) is 3.96. The van der Waals surface area contributed by atoms with E-state index in [1.165, 1.54) is 0 Å². The lowest BCUT2D eigenvalue weighted by molar-refractivity contribution is 0.186. The van der Waals surface area contributed by atoms with Crippen LogP contribution in [-0.2, 0) is 0 Å². The van der Waals surface area contributed by atoms with E-state index in [1.54, 1.807) is 0 Å². The summed E-state index contributed by atoms with van der Waals surface area (Å²) in [7, 11) is 0. The maximum atomic E-state index is 9.77. The second-order valence-electron chi connectivity index (χ2n) is 3.65. The minimum absolute atomic E-state index is 0.162. The van der Waals surface area contributed by atoms with Crippen LogP contribution >= 0.6 is 0 Å². The van der Waals surface area contributed by atoms with E-state index in [4.69, 9.17) is 0 Å². The number of aliphatic hydroxyl groups is 1. The Morgan fingerprint density at radius 3 is 2.40 bits per heavy atom. The minimum atomic E-state index is -0.415. The van der Waals surface area contributed by atoms with Crippen LogP contribution < -0.4 is 0 Å². The number of hydrogen-bond acceptors (Lipinski definition) is 1. The molecule has 0 aliphatic carbocycles. The first kappa shape index (κ1) is 11.7. The van der Waals surface area contributed by atoms with Gasteiger partial charge in [-0.2, -0.15) is 0 Å². The van der Waals surface area contributed by atoms with E-state index in [9.17, 15) is 5.11 Å². The number of benzene rings is 1. The third kappa shape index (κ3) is 4.13. The molecule has 0 radical (unpaired) electrons. The Morgan fingerprint density at radius 1 is 1.13 bits per heavy atom. The number of hydrogen-bond donors (Lipinski definition) is 1. The molecule has 0 aliphatic rings. The molecule has 0 spiro atoms. The summed E-state index contributed by atoms with van der Waals surface area (Å²) in [4.78, 5) is 0. The predicted molar refractivity (Wildman–Crippen MR) is 65.5 cm³/mol. The van der Waals surface area contributed by atoms with Gasteiger partial charge in [0.05, 0.1) is 6.10 Å². The number of rotatable bonds is 4. The number of allylic oxidation sites excluding steroid dienone is 1. The van der Waals surface area contributed by atoms with Gasteiger partial charge in [0, 0.05) is 5.92 Å². The van der Waals surface area contributed by atoms with Crippen molar-refractivity contribution in [2.75, 3.05) is 0 Å². The standard InChI is InChI=1S/C14H18O/c1-3-7-12(2)14(15)11-10-13-8-5-4-6-9-13/h3-12,14-15H,1-2H3/b7-3-,11-10+/t12-,14+/m0/s1. The Morgan fingerprint density at radius 2 is 1.80 bits per heavy atom. The molecule has 0 bridgehead atoms. The molecule has 15 heavy (non-hydrogen) atoms. The van der Waals surface area contributed by atoms with Crippen molar-refractivity contribution in [3.8, 4) is 0 Å². The molecule has 0 heterocycles. The van der Waals surface area contributed by atoms with Crippen molar-refractivity contribution in [3.63, 3.8) is 0 Å². The molecular weight excluding hydrogens is 184 g/mol. The molecule has 0 amide bonds. The smallest absolute Gasteiger partial charge is 0.0784 e. The topological polar surface area (TPSA) is 20.2 Å². The van der Waals surface area contributed by atoms with Crippen LogP contribution in [0.4, 0.5) is 0 Å². The first-order valence-electron chi connectivity index (χ1n) is 5.28. The summed E-state index contributed by atoms with van der Waals surface area (Å²) in [6.07, 6.45) is 7.33. The third-order valence-electron chi connectivity index (χ3n) is 2.32. The van der Waals surface area contributed by atoms with Crippen molar-refractivity contribution >= 4 is 6.08 Å². The van der Waals surface area contributed by atoms with Crippen LogP contribution in [0.2, 0.25) is 0 Å². The summed E-state index contributed by atoms with van der Waals surface area (Å²) in [5, 5.41) is 9.77. The van der Waals surface area contributed by atoms with Gasteiger partial charge in [-0.25, -0.2) is 0 Å². The zero-order chi connectivity index (χ0) is 11.1. The highest BCUT2D eigenvalue weighted by molar-refractivity contribution is 5.49. The third-order valence-corrected chi connectivity index (χ3v) is 2.32. The Hall–Kier alpha value is -1.34. The van der Waals surface area contributed by atoms with Crippen LogP contribution in [-0.4, -0.2) is 11.2 Å². The van der Waals surface area contributed by atoms with Crippen LogP contribution in [0.5, 0.6) is 0 Å². The molecule has 1 rings (SSSR count). The second kappa shape index (κ2) is 6.20. The Bertz CT molecular complexity index is 324. The predicted octanol–water partition coefficient (Wildman–Crippen LogP) is 3.27. The minimum Gasteiger partial charge on any atom is -0.388 e. The SMILES string of the molecule is C/C=C\[C@H](C)[C@H](O)/C=C/c1ccccc1. The van der Waals surface area contributed by atoms with Gasteiger partial charge in [-0.3, -0.25) is 0 Å². The highest BCUT2D eigenvalue weighted by atomic mass is 16.3. The summed E-state index contributed by atoms with van der Waals surface area (Å²) in [6, 6.07) is 9.99. The summed E-state index contributed by atoms with van der Waals surface area (Å²) < 4.78 is 0. The van der Waals surface area contributed by atoms with Gasteiger partial charge in [-0.05, 0) is 12.5 Å². The van der Waals surface area contributed by atoms with Gasteiger partial charge < -0.3 is 5.11 Å². The van der Waals surface area contributed by atoms with Crippen LogP contribution in [0.1, 0.15) is 19.4 Å². The maximum absolute atomic E-state index is 9.77. The van der Waals surface area contributed by atoms with Crippen LogP contribution in [0.15, 0.2) is 48.6 Å². The Labute approximate surface area is 91.8 Å². The van der Waals surface area contributed by atoms with E-state index in [1.807, 2.05) is 68.5 Å². The van der Waals surface area contributed by atoms with Gasteiger partial charge in [0.15, 0.2) is 0 Å². The second-order valence-corrected chi connectivity index (χ2v) is 3.65. The van der Waals surface area contributed by atoms with Gasteiger partial charge >= 0.3 is 0 Å². The average molecular weight is 202 g/mol. The summed E-state index contributed by atoms with van der Waals surface area (Å²) >= 11 is 0. The largest absolute Gasteiger partial charge is 0.388 e. The lowest BCUT2D eigenvalue weighted by atomic mass is 10.0.